The summed E-state index contributed by atoms with van der Waals surface area (Å²) in [6.45, 7) is 0. The van der Waals surface area contributed by atoms with Crippen LogP contribution in [0.1, 0.15) is 11.6 Å². The van der Waals surface area contributed by atoms with Crippen molar-refractivity contribution in [1.29, 1.82) is 5.41 Å². The molecule has 0 radical (unpaired) electrons. The van der Waals surface area contributed by atoms with E-state index in [1.165, 1.54) is 7.11 Å². The maximum Gasteiger partial charge on any atom is 0.211 e. The molecular weight excluding hydrogens is 192 g/mol. The molecule has 0 aliphatic rings. The summed E-state index contributed by atoms with van der Waals surface area (Å²) in [7, 11) is 3.12. The Morgan fingerprint density at radius 2 is 2.00 bits per heavy atom. The fourth-order valence-electron chi connectivity index (χ4n) is 1.44. The van der Waals surface area contributed by atoms with E-state index in [2.05, 4.69) is 5.32 Å². The van der Waals surface area contributed by atoms with Gasteiger partial charge in [-0.3, -0.25) is 5.41 Å². The molecule has 1 aromatic rings. The van der Waals surface area contributed by atoms with Gasteiger partial charge in [-0.05, 0) is 12.6 Å². The van der Waals surface area contributed by atoms with Gasteiger partial charge >= 0.3 is 0 Å². The molecule has 3 N–H and O–H groups in total. The van der Waals surface area contributed by atoms with Crippen LogP contribution in [0.2, 0.25) is 0 Å². The van der Waals surface area contributed by atoms with Crippen LogP contribution in [0.5, 0.6) is 0 Å². The lowest BCUT2D eigenvalue weighted by Gasteiger charge is -2.22. The van der Waals surface area contributed by atoms with E-state index in [9.17, 15) is 5.11 Å². The first-order chi connectivity index (χ1) is 7.20. The average molecular weight is 208 g/mol. The zero-order valence-corrected chi connectivity index (χ0v) is 8.90. The Labute approximate surface area is 89.4 Å². The van der Waals surface area contributed by atoms with Gasteiger partial charge in [0.1, 0.15) is 6.10 Å². The van der Waals surface area contributed by atoms with Gasteiger partial charge in [0.2, 0.25) is 5.90 Å². The van der Waals surface area contributed by atoms with Crippen LogP contribution in [0, 0.1) is 5.41 Å². The summed E-state index contributed by atoms with van der Waals surface area (Å²) in [4.78, 5) is 0. The van der Waals surface area contributed by atoms with Crippen molar-refractivity contribution in [3.8, 4) is 0 Å². The van der Waals surface area contributed by atoms with Crippen molar-refractivity contribution in [2.24, 2.45) is 0 Å². The standard InChI is InChI=1S/C11H16N2O2/c1-13-9(10(14)11(12)15-2)8-6-4-3-5-7-8/h3-7,9-10,12-14H,1-2H3. The fourth-order valence-corrected chi connectivity index (χ4v) is 1.44. The molecule has 0 saturated carbocycles. The Bertz CT molecular complexity index is 314. The van der Waals surface area contributed by atoms with Crippen molar-refractivity contribution >= 4 is 5.90 Å². The predicted octanol–water partition coefficient (Wildman–Crippen LogP) is 0.932. The Hall–Kier alpha value is -1.39. The van der Waals surface area contributed by atoms with Crippen molar-refractivity contribution in [3.63, 3.8) is 0 Å². The Kier molecular flexibility index (Phi) is 4.27. The van der Waals surface area contributed by atoms with Gasteiger partial charge in [0.25, 0.3) is 0 Å². The van der Waals surface area contributed by atoms with E-state index in [4.69, 9.17) is 10.1 Å². The van der Waals surface area contributed by atoms with E-state index >= 15 is 0 Å². The number of likely N-dealkylation sites (N-methyl/N-ethyl adjacent to an activating group) is 1. The fraction of sp³-hybridized carbons (Fsp3) is 0.364. The molecule has 4 nitrogen and oxygen atoms in total. The summed E-state index contributed by atoms with van der Waals surface area (Å²) in [6.07, 6.45) is -0.970. The molecule has 1 rings (SSSR count). The number of benzene rings is 1. The van der Waals surface area contributed by atoms with Gasteiger partial charge < -0.3 is 15.2 Å². The third-order valence-corrected chi connectivity index (χ3v) is 2.27. The number of aliphatic hydroxyl groups is 1. The molecule has 0 bridgehead atoms. The number of hydrogen-bond acceptors (Lipinski definition) is 4. The maximum atomic E-state index is 9.82. The molecular formula is C11H16N2O2. The van der Waals surface area contributed by atoms with Crippen LogP contribution >= 0.6 is 0 Å². The first-order valence-electron chi connectivity index (χ1n) is 4.73. The van der Waals surface area contributed by atoms with Crippen molar-refractivity contribution in [3.05, 3.63) is 35.9 Å². The predicted molar refractivity (Wildman–Crippen MR) is 59.0 cm³/mol. The molecule has 0 aromatic heterocycles. The van der Waals surface area contributed by atoms with Crippen LogP contribution in [0.25, 0.3) is 0 Å². The van der Waals surface area contributed by atoms with E-state index in [1.807, 2.05) is 30.3 Å². The third-order valence-electron chi connectivity index (χ3n) is 2.27. The lowest BCUT2D eigenvalue weighted by molar-refractivity contribution is 0.162. The molecule has 1 aromatic carbocycles. The first kappa shape index (κ1) is 11.7. The highest BCUT2D eigenvalue weighted by molar-refractivity contribution is 5.78. The SMILES string of the molecule is CNC(c1ccccc1)C(O)C(=N)OC. The summed E-state index contributed by atoms with van der Waals surface area (Å²) in [5.41, 5.74) is 0.925. The van der Waals surface area contributed by atoms with E-state index in [-0.39, 0.29) is 11.9 Å². The van der Waals surface area contributed by atoms with Crippen molar-refractivity contribution in [1.82, 2.24) is 5.32 Å². The highest BCUT2D eigenvalue weighted by Crippen LogP contribution is 2.16. The highest BCUT2D eigenvalue weighted by Gasteiger charge is 2.23. The lowest BCUT2D eigenvalue weighted by atomic mass is 10.0. The number of methoxy groups -OCH3 is 1. The molecule has 4 heteroatoms. The minimum absolute atomic E-state index is 0.141. The molecule has 2 unspecified atom stereocenters. The van der Waals surface area contributed by atoms with Gasteiger partial charge in [-0.2, -0.15) is 0 Å². The van der Waals surface area contributed by atoms with E-state index in [0.29, 0.717) is 0 Å². The van der Waals surface area contributed by atoms with Crippen LogP contribution in [-0.4, -0.2) is 31.3 Å². The normalized spacial score (nSPS) is 14.3. The second kappa shape index (κ2) is 5.48. The number of nitrogens with one attached hydrogen (secondary N) is 2. The Morgan fingerprint density at radius 3 is 2.47 bits per heavy atom. The largest absolute Gasteiger partial charge is 0.483 e. The number of ether oxygens (including phenoxy) is 1. The zero-order chi connectivity index (χ0) is 11.3. The minimum atomic E-state index is -0.970. The van der Waals surface area contributed by atoms with Crippen LogP contribution in [0.15, 0.2) is 30.3 Å². The third kappa shape index (κ3) is 2.78. The number of rotatable bonds is 4. The molecule has 0 amide bonds. The Morgan fingerprint density at radius 1 is 1.40 bits per heavy atom. The molecule has 15 heavy (non-hydrogen) atoms. The van der Waals surface area contributed by atoms with Crippen molar-refractivity contribution in [2.45, 2.75) is 12.1 Å². The molecule has 0 saturated heterocycles. The maximum absolute atomic E-state index is 9.82. The van der Waals surface area contributed by atoms with Crippen LogP contribution < -0.4 is 5.32 Å². The van der Waals surface area contributed by atoms with Gasteiger partial charge in [-0.1, -0.05) is 30.3 Å². The molecule has 0 spiro atoms. The summed E-state index contributed by atoms with van der Waals surface area (Å²) in [6, 6.07) is 9.16. The van der Waals surface area contributed by atoms with Gasteiger partial charge in [-0.15, -0.1) is 0 Å². The second-order valence-electron chi connectivity index (χ2n) is 3.19. The molecule has 0 fully saturated rings. The van der Waals surface area contributed by atoms with E-state index in [1.54, 1.807) is 7.05 Å². The van der Waals surface area contributed by atoms with Gasteiger partial charge in [0, 0.05) is 0 Å². The number of aliphatic hydroxyl groups excluding tert-OH is 1. The van der Waals surface area contributed by atoms with E-state index < -0.39 is 6.10 Å². The Balaban J connectivity index is 2.85. The van der Waals surface area contributed by atoms with Crippen LogP contribution in [0.4, 0.5) is 0 Å². The van der Waals surface area contributed by atoms with Crippen molar-refractivity contribution in [2.75, 3.05) is 14.2 Å². The summed E-state index contributed by atoms with van der Waals surface area (Å²) >= 11 is 0. The van der Waals surface area contributed by atoms with Gasteiger partial charge in [0.15, 0.2) is 0 Å². The minimum Gasteiger partial charge on any atom is -0.483 e. The lowest BCUT2D eigenvalue weighted by Crippen LogP contribution is -2.35. The summed E-state index contributed by atoms with van der Waals surface area (Å²) in [5, 5.41) is 20.2. The molecule has 0 aliphatic carbocycles. The first-order valence-corrected chi connectivity index (χ1v) is 4.73. The van der Waals surface area contributed by atoms with Crippen LogP contribution in [0.3, 0.4) is 0 Å². The van der Waals surface area contributed by atoms with E-state index in [0.717, 1.165) is 5.56 Å². The molecule has 2 atom stereocenters. The van der Waals surface area contributed by atoms with Gasteiger partial charge in [-0.25, -0.2) is 0 Å². The highest BCUT2D eigenvalue weighted by atomic mass is 16.5. The molecule has 0 heterocycles. The smallest absolute Gasteiger partial charge is 0.211 e. The average Bonchev–Trinajstić information content (AvgIpc) is 2.30. The second-order valence-corrected chi connectivity index (χ2v) is 3.19. The summed E-state index contributed by atoms with van der Waals surface area (Å²) in [5.74, 6) is -0.141. The summed E-state index contributed by atoms with van der Waals surface area (Å²) < 4.78 is 4.71. The topological polar surface area (TPSA) is 65.3 Å². The quantitative estimate of drug-likeness (QED) is 0.509. The zero-order valence-electron chi connectivity index (χ0n) is 8.90. The van der Waals surface area contributed by atoms with Crippen LogP contribution in [-0.2, 0) is 4.74 Å². The molecule has 0 aliphatic heterocycles. The monoisotopic (exact) mass is 208 g/mol. The van der Waals surface area contributed by atoms with Gasteiger partial charge in [0.05, 0.1) is 13.2 Å². The molecule has 82 valence electrons. The van der Waals surface area contributed by atoms with Crippen molar-refractivity contribution < 1.29 is 9.84 Å². The number of hydrogen-bond donors (Lipinski definition) is 3.